The van der Waals surface area contributed by atoms with E-state index in [0.29, 0.717) is 12.1 Å². The first-order valence-electron chi connectivity index (χ1n) is 7.77. The summed E-state index contributed by atoms with van der Waals surface area (Å²) in [6, 6.07) is 1.30. The minimum atomic E-state index is -4.84. The summed E-state index contributed by atoms with van der Waals surface area (Å²) in [7, 11) is 0. The zero-order chi connectivity index (χ0) is 20.4. The third-order valence-electron chi connectivity index (χ3n) is 3.63. The molecule has 0 fully saturated rings. The fraction of sp³-hybridized carbons (Fsp3) is 0.375. The fourth-order valence-electron chi connectivity index (χ4n) is 2.07. The Balaban J connectivity index is 2.43. The van der Waals surface area contributed by atoms with Crippen molar-refractivity contribution in [2.24, 2.45) is 5.92 Å². The van der Waals surface area contributed by atoms with Gasteiger partial charge in [-0.3, -0.25) is 0 Å². The van der Waals surface area contributed by atoms with Gasteiger partial charge in [-0.2, -0.15) is 18.2 Å². The predicted molar refractivity (Wildman–Crippen MR) is 86.0 cm³/mol. The summed E-state index contributed by atoms with van der Waals surface area (Å²) < 4.78 is 79.3. The third kappa shape index (κ3) is 5.00. The maximum absolute atomic E-state index is 13.8. The van der Waals surface area contributed by atoms with Crippen molar-refractivity contribution in [3.05, 3.63) is 41.3 Å². The van der Waals surface area contributed by atoms with E-state index in [1.54, 1.807) is 13.8 Å². The summed E-state index contributed by atoms with van der Waals surface area (Å²) in [5, 5.41) is 14.0. The number of aliphatic hydroxyl groups excluding tert-OH is 1. The van der Waals surface area contributed by atoms with E-state index in [0.717, 1.165) is 6.07 Å². The van der Waals surface area contributed by atoms with Crippen LogP contribution < -0.4 is 10.6 Å². The van der Waals surface area contributed by atoms with Gasteiger partial charge in [0.1, 0.15) is 5.82 Å². The smallest absolute Gasteiger partial charge is 0.394 e. The molecule has 0 saturated heterocycles. The van der Waals surface area contributed by atoms with E-state index < -0.39 is 59.4 Å². The number of nitrogens with one attached hydrogen (secondary N) is 2. The molecule has 0 spiro atoms. The molecule has 27 heavy (non-hydrogen) atoms. The second kappa shape index (κ2) is 7.99. The van der Waals surface area contributed by atoms with E-state index >= 15 is 0 Å². The van der Waals surface area contributed by atoms with E-state index in [1.807, 2.05) is 0 Å². The van der Waals surface area contributed by atoms with Gasteiger partial charge in [0.2, 0.25) is 5.95 Å². The predicted octanol–water partition coefficient (Wildman–Crippen LogP) is 4.09. The molecule has 0 aliphatic heterocycles. The number of anilines is 3. The third-order valence-corrected chi connectivity index (χ3v) is 3.63. The molecular weight excluding hydrogens is 378 g/mol. The van der Waals surface area contributed by atoms with Gasteiger partial charge in [0.25, 0.3) is 0 Å². The minimum absolute atomic E-state index is 0.159. The van der Waals surface area contributed by atoms with Crippen molar-refractivity contribution < 1.29 is 31.4 Å². The van der Waals surface area contributed by atoms with Crippen LogP contribution >= 0.6 is 0 Å². The first-order valence-corrected chi connectivity index (χ1v) is 7.77. The van der Waals surface area contributed by atoms with E-state index in [-0.39, 0.29) is 5.92 Å². The van der Waals surface area contributed by atoms with Gasteiger partial charge in [0.15, 0.2) is 23.1 Å². The molecular formula is C16H16F6N4O. The lowest BCUT2D eigenvalue weighted by Gasteiger charge is -2.21. The number of benzene rings is 1. The molecule has 2 rings (SSSR count). The molecule has 1 atom stereocenters. The highest BCUT2D eigenvalue weighted by Gasteiger charge is 2.34. The van der Waals surface area contributed by atoms with E-state index in [9.17, 15) is 31.4 Å². The highest BCUT2D eigenvalue weighted by Crippen LogP contribution is 2.31. The topological polar surface area (TPSA) is 70.1 Å². The van der Waals surface area contributed by atoms with Crippen molar-refractivity contribution in [1.29, 1.82) is 0 Å². The van der Waals surface area contributed by atoms with Gasteiger partial charge in [-0.05, 0) is 18.1 Å². The molecule has 11 heteroatoms. The van der Waals surface area contributed by atoms with Crippen LogP contribution in [0.3, 0.4) is 0 Å². The zero-order valence-corrected chi connectivity index (χ0v) is 14.2. The number of hydrogen-bond acceptors (Lipinski definition) is 5. The SMILES string of the molecule is CC(C)[C@H](CO)Nc1nc(Nc2ccc(F)c(F)c2F)cc(C(F)(F)F)n1. The normalized spacial score (nSPS) is 13.0. The van der Waals surface area contributed by atoms with Crippen molar-refractivity contribution in [1.82, 2.24) is 9.97 Å². The van der Waals surface area contributed by atoms with E-state index in [4.69, 9.17) is 0 Å². The summed E-state index contributed by atoms with van der Waals surface area (Å²) in [5.41, 5.74) is -1.94. The Morgan fingerprint density at radius 3 is 2.30 bits per heavy atom. The number of halogens is 6. The van der Waals surface area contributed by atoms with E-state index in [1.165, 1.54) is 0 Å². The van der Waals surface area contributed by atoms with Crippen LogP contribution in [0.4, 0.5) is 43.8 Å². The van der Waals surface area contributed by atoms with Crippen LogP contribution in [0.25, 0.3) is 0 Å². The summed E-state index contributed by atoms with van der Waals surface area (Å²) in [5.74, 6) is -5.95. The van der Waals surface area contributed by atoms with Crippen LogP contribution in [0, 0.1) is 23.4 Å². The second-order valence-corrected chi connectivity index (χ2v) is 5.99. The van der Waals surface area contributed by atoms with E-state index in [2.05, 4.69) is 20.6 Å². The fourth-order valence-corrected chi connectivity index (χ4v) is 2.07. The van der Waals surface area contributed by atoms with Gasteiger partial charge < -0.3 is 15.7 Å². The Labute approximate surface area is 150 Å². The minimum Gasteiger partial charge on any atom is -0.394 e. The van der Waals surface area contributed by atoms with Crippen LogP contribution in [0.5, 0.6) is 0 Å². The molecule has 0 bridgehead atoms. The number of rotatable bonds is 6. The summed E-state index contributed by atoms with van der Waals surface area (Å²) in [6.45, 7) is 3.05. The number of hydrogen-bond donors (Lipinski definition) is 3. The number of alkyl halides is 3. The molecule has 0 saturated carbocycles. The molecule has 5 nitrogen and oxygen atoms in total. The second-order valence-electron chi connectivity index (χ2n) is 5.99. The molecule has 0 amide bonds. The number of aliphatic hydroxyl groups is 1. The molecule has 148 valence electrons. The Bertz CT molecular complexity index is 812. The van der Waals surface area contributed by atoms with Gasteiger partial charge in [-0.15, -0.1) is 0 Å². The molecule has 2 aromatic rings. The number of aromatic nitrogens is 2. The van der Waals surface area contributed by atoms with Gasteiger partial charge in [-0.1, -0.05) is 13.8 Å². The highest BCUT2D eigenvalue weighted by atomic mass is 19.4. The van der Waals surface area contributed by atoms with Crippen LogP contribution in [-0.2, 0) is 6.18 Å². The summed E-state index contributed by atoms with van der Waals surface area (Å²) in [4.78, 5) is 7.12. The van der Waals surface area contributed by atoms with Gasteiger partial charge >= 0.3 is 6.18 Å². The van der Waals surface area contributed by atoms with Crippen LogP contribution in [0.2, 0.25) is 0 Å². The Morgan fingerprint density at radius 2 is 1.74 bits per heavy atom. The molecule has 1 aromatic carbocycles. The maximum Gasteiger partial charge on any atom is 0.433 e. The molecule has 0 aliphatic carbocycles. The molecule has 1 heterocycles. The molecule has 0 radical (unpaired) electrons. The lowest BCUT2D eigenvalue weighted by molar-refractivity contribution is -0.141. The molecule has 3 N–H and O–H groups in total. The lowest BCUT2D eigenvalue weighted by atomic mass is 10.1. The standard InChI is InChI=1S/C16H16F6N4O/c1-7(2)10(6-27)24-15-25-11(16(20,21)22)5-12(26-15)23-9-4-3-8(17)13(18)14(9)19/h3-5,7,10,27H,6H2,1-2H3,(H2,23,24,25,26)/t10-/m0/s1. The van der Waals surface area contributed by atoms with Gasteiger partial charge in [-0.25, -0.2) is 18.2 Å². The lowest BCUT2D eigenvalue weighted by Crippen LogP contribution is -2.30. The van der Waals surface area contributed by atoms with Crippen molar-refractivity contribution in [3.8, 4) is 0 Å². The van der Waals surface area contributed by atoms with Crippen molar-refractivity contribution in [2.75, 3.05) is 17.2 Å². The Hall–Kier alpha value is -2.56. The summed E-state index contributed by atoms with van der Waals surface area (Å²) in [6.07, 6.45) is -4.84. The van der Waals surface area contributed by atoms with Crippen molar-refractivity contribution in [3.63, 3.8) is 0 Å². The first-order chi connectivity index (χ1) is 12.5. The quantitative estimate of drug-likeness (QED) is 0.509. The zero-order valence-electron chi connectivity index (χ0n) is 14.2. The Kier molecular flexibility index (Phi) is 6.14. The maximum atomic E-state index is 13.8. The van der Waals surface area contributed by atoms with Crippen LogP contribution in [-0.4, -0.2) is 27.7 Å². The average molecular weight is 394 g/mol. The van der Waals surface area contributed by atoms with Gasteiger partial charge in [0, 0.05) is 6.07 Å². The van der Waals surface area contributed by atoms with Crippen molar-refractivity contribution >= 4 is 17.5 Å². The van der Waals surface area contributed by atoms with Crippen LogP contribution in [0.1, 0.15) is 19.5 Å². The highest BCUT2D eigenvalue weighted by molar-refractivity contribution is 5.58. The average Bonchev–Trinajstić information content (AvgIpc) is 2.59. The van der Waals surface area contributed by atoms with Gasteiger partial charge in [0.05, 0.1) is 18.3 Å². The summed E-state index contributed by atoms with van der Waals surface area (Å²) >= 11 is 0. The molecule has 0 aliphatic rings. The number of nitrogens with zero attached hydrogens (tertiary/aromatic N) is 2. The molecule has 1 aromatic heterocycles. The largest absolute Gasteiger partial charge is 0.433 e. The van der Waals surface area contributed by atoms with Crippen molar-refractivity contribution in [2.45, 2.75) is 26.1 Å². The monoisotopic (exact) mass is 394 g/mol. The first kappa shape index (κ1) is 20.7. The van der Waals surface area contributed by atoms with Crippen LogP contribution in [0.15, 0.2) is 18.2 Å². The Morgan fingerprint density at radius 1 is 1.07 bits per heavy atom. The molecule has 0 unspecified atom stereocenters.